The van der Waals surface area contributed by atoms with Crippen molar-refractivity contribution < 1.29 is 12.8 Å². The molecule has 1 aliphatic rings. The standard InChI is InChI=1S/C14H22FN3O2S/c1-9-8-18(3)5-4-14(9)17-21(19,20)11-6-12(15)10(2)13(16)7-11/h6-7,9,14,17H,4-5,8,16H2,1-3H3. The number of nitrogens with two attached hydrogens (primary N) is 1. The smallest absolute Gasteiger partial charge is 0.241 e. The predicted molar refractivity (Wildman–Crippen MR) is 80.9 cm³/mol. The van der Waals surface area contributed by atoms with Crippen LogP contribution in [0.1, 0.15) is 18.9 Å². The van der Waals surface area contributed by atoms with Crippen molar-refractivity contribution >= 4 is 15.7 Å². The molecular weight excluding hydrogens is 293 g/mol. The largest absolute Gasteiger partial charge is 0.398 e. The van der Waals surface area contributed by atoms with E-state index in [1.54, 1.807) is 0 Å². The Morgan fingerprint density at radius 3 is 2.67 bits per heavy atom. The molecule has 2 rings (SSSR count). The number of nitrogens with one attached hydrogen (secondary N) is 1. The molecule has 0 radical (unpaired) electrons. The van der Waals surface area contributed by atoms with Crippen molar-refractivity contribution in [3.63, 3.8) is 0 Å². The fraction of sp³-hybridized carbons (Fsp3) is 0.571. The molecular formula is C14H22FN3O2S. The van der Waals surface area contributed by atoms with Crippen LogP contribution in [0.3, 0.4) is 0 Å². The van der Waals surface area contributed by atoms with Crippen molar-refractivity contribution in [2.45, 2.75) is 31.2 Å². The number of nitrogens with zero attached hydrogens (tertiary/aromatic N) is 1. The highest BCUT2D eigenvalue weighted by Crippen LogP contribution is 2.23. The lowest BCUT2D eigenvalue weighted by atomic mass is 9.95. The third-order valence-corrected chi connectivity index (χ3v) is 5.55. The van der Waals surface area contributed by atoms with E-state index >= 15 is 0 Å². The molecule has 0 spiro atoms. The molecule has 2 atom stereocenters. The summed E-state index contributed by atoms with van der Waals surface area (Å²) in [7, 11) is -1.75. The minimum Gasteiger partial charge on any atom is -0.398 e. The van der Waals surface area contributed by atoms with Gasteiger partial charge in [0.15, 0.2) is 0 Å². The van der Waals surface area contributed by atoms with Gasteiger partial charge >= 0.3 is 0 Å². The normalized spacial score (nSPS) is 24.2. The van der Waals surface area contributed by atoms with Gasteiger partial charge in [-0.1, -0.05) is 6.92 Å². The topological polar surface area (TPSA) is 75.4 Å². The Hall–Kier alpha value is -1.18. The molecule has 1 aromatic rings. The SMILES string of the molecule is Cc1c(N)cc(S(=O)(=O)NC2CCN(C)CC2C)cc1F. The molecule has 1 fully saturated rings. The highest BCUT2D eigenvalue weighted by Gasteiger charge is 2.29. The molecule has 0 saturated carbocycles. The van der Waals surface area contributed by atoms with Crippen molar-refractivity contribution in [2.24, 2.45) is 5.92 Å². The second kappa shape index (κ2) is 5.90. The number of hydrogen-bond donors (Lipinski definition) is 2. The molecule has 21 heavy (non-hydrogen) atoms. The number of anilines is 1. The Morgan fingerprint density at radius 1 is 1.43 bits per heavy atom. The van der Waals surface area contributed by atoms with E-state index in [-0.39, 0.29) is 28.1 Å². The molecule has 0 amide bonds. The molecule has 3 N–H and O–H groups in total. The lowest BCUT2D eigenvalue weighted by molar-refractivity contribution is 0.188. The van der Waals surface area contributed by atoms with E-state index < -0.39 is 15.8 Å². The van der Waals surface area contributed by atoms with Crippen LogP contribution in [0, 0.1) is 18.7 Å². The second-order valence-corrected chi connectivity index (χ2v) is 7.59. The molecule has 0 bridgehead atoms. The first-order valence-electron chi connectivity index (χ1n) is 6.97. The zero-order valence-electron chi connectivity index (χ0n) is 12.6. The number of benzene rings is 1. The number of piperidine rings is 1. The number of rotatable bonds is 3. The molecule has 0 aromatic heterocycles. The van der Waals surface area contributed by atoms with Crippen LogP contribution < -0.4 is 10.5 Å². The third-order valence-electron chi connectivity index (χ3n) is 4.08. The Kier molecular flexibility index (Phi) is 4.55. The van der Waals surface area contributed by atoms with Gasteiger partial charge in [0.1, 0.15) is 5.82 Å². The predicted octanol–water partition coefficient (Wildman–Crippen LogP) is 1.33. The third kappa shape index (κ3) is 3.53. The minimum absolute atomic E-state index is 0.116. The molecule has 1 aliphatic heterocycles. The lowest BCUT2D eigenvalue weighted by Gasteiger charge is -2.34. The number of nitrogen functional groups attached to an aromatic ring is 1. The van der Waals surface area contributed by atoms with Crippen molar-refractivity contribution in [3.05, 3.63) is 23.5 Å². The van der Waals surface area contributed by atoms with Crippen LogP contribution in [-0.2, 0) is 10.0 Å². The highest BCUT2D eigenvalue weighted by atomic mass is 32.2. The first-order valence-corrected chi connectivity index (χ1v) is 8.45. The Morgan fingerprint density at radius 2 is 2.10 bits per heavy atom. The summed E-state index contributed by atoms with van der Waals surface area (Å²) in [6, 6.07) is 2.19. The van der Waals surface area contributed by atoms with Gasteiger partial charge in [-0.3, -0.25) is 0 Å². The van der Waals surface area contributed by atoms with Crippen LogP contribution in [0.4, 0.5) is 10.1 Å². The summed E-state index contributed by atoms with van der Waals surface area (Å²) in [5.41, 5.74) is 6.07. The number of likely N-dealkylation sites (tertiary alicyclic amines) is 1. The summed E-state index contributed by atoms with van der Waals surface area (Å²) in [6.45, 7) is 5.19. The van der Waals surface area contributed by atoms with E-state index in [1.807, 2.05) is 14.0 Å². The van der Waals surface area contributed by atoms with Gasteiger partial charge in [-0.2, -0.15) is 0 Å². The van der Waals surface area contributed by atoms with Crippen LogP contribution in [0.25, 0.3) is 0 Å². The van der Waals surface area contributed by atoms with Gasteiger partial charge in [-0.05, 0) is 45.0 Å². The summed E-state index contributed by atoms with van der Waals surface area (Å²) in [6.07, 6.45) is 0.737. The lowest BCUT2D eigenvalue weighted by Crippen LogP contribution is -2.48. The maximum Gasteiger partial charge on any atom is 0.241 e. The summed E-state index contributed by atoms with van der Waals surface area (Å²) in [5.74, 6) is -0.405. The van der Waals surface area contributed by atoms with Crippen molar-refractivity contribution in [3.8, 4) is 0 Å². The maximum absolute atomic E-state index is 13.7. The Labute approximate surface area is 125 Å². The zero-order valence-corrected chi connectivity index (χ0v) is 13.4. The number of sulfonamides is 1. The fourth-order valence-corrected chi connectivity index (χ4v) is 4.05. The zero-order chi connectivity index (χ0) is 15.8. The van der Waals surface area contributed by atoms with Crippen LogP contribution in [0.2, 0.25) is 0 Å². The molecule has 0 aliphatic carbocycles. The molecule has 118 valence electrons. The van der Waals surface area contributed by atoms with E-state index in [0.717, 1.165) is 25.6 Å². The van der Waals surface area contributed by atoms with Crippen molar-refractivity contribution in [2.75, 3.05) is 25.9 Å². The van der Waals surface area contributed by atoms with Crippen LogP contribution in [-0.4, -0.2) is 39.5 Å². The van der Waals surface area contributed by atoms with Crippen LogP contribution >= 0.6 is 0 Å². The van der Waals surface area contributed by atoms with Gasteiger partial charge in [0.2, 0.25) is 10.0 Å². The number of hydrogen-bond acceptors (Lipinski definition) is 4. The average molecular weight is 315 g/mol. The summed E-state index contributed by atoms with van der Waals surface area (Å²) in [5, 5.41) is 0. The minimum atomic E-state index is -3.76. The van der Waals surface area contributed by atoms with E-state index in [9.17, 15) is 12.8 Å². The van der Waals surface area contributed by atoms with Gasteiger partial charge in [0.25, 0.3) is 0 Å². The van der Waals surface area contributed by atoms with Crippen LogP contribution in [0.15, 0.2) is 17.0 Å². The summed E-state index contributed by atoms with van der Waals surface area (Å²) in [4.78, 5) is 2.05. The van der Waals surface area contributed by atoms with E-state index in [0.29, 0.717) is 0 Å². The molecule has 1 heterocycles. The first-order chi connectivity index (χ1) is 9.70. The highest BCUT2D eigenvalue weighted by molar-refractivity contribution is 7.89. The van der Waals surface area contributed by atoms with E-state index in [2.05, 4.69) is 9.62 Å². The Balaban J connectivity index is 2.23. The maximum atomic E-state index is 13.7. The van der Waals surface area contributed by atoms with Gasteiger partial charge in [-0.15, -0.1) is 0 Å². The van der Waals surface area contributed by atoms with Gasteiger partial charge in [-0.25, -0.2) is 17.5 Å². The second-order valence-electron chi connectivity index (χ2n) is 5.88. The van der Waals surface area contributed by atoms with Crippen LogP contribution in [0.5, 0.6) is 0 Å². The molecule has 2 unspecified atom stereocenters. The first kappa shape index (κ1) is 16.2. The summed E-state index contributed by atoms with van der Waals surface area (Å²) < 4.78 is 41.2. The van der Waals surface area contributed by atoms with Crippen molar-refractivity contribution in [1.82, 2.24) is 9.62 Å². The van der Waals surface area contributed by atoms with Crippen molar-refractivity contribution in [1.29, 1.82) is 0 Å². The van der Waals surface area contributed by atoms with E-state index in [1.165, 1.54) is 13.0 Å². The quantitative estimate of drug-likeness (QED) is 0.825. The Bertz CT molecular complexity index is 610. The number of halogens is 1. The fourth-order valence-electron chi connectivity index (χ4n) is 2.63. The molecule has 1 saturated heterocycles. The van der Waals surface area contributed by atoms with Gasteiger partial charge in [0, 0.05) is 23.8 Å². The molecule has 1 aromatic carbocycles. The molecule has 5 nitrogen and oxygen atoms in total. The average Bonchev–Trinajstić information content (AvgIpc) is 2.38. The monoisotopic (exact) mass is 315 g/mol. The van der Waals surface area contributed by atoms with Gasteiger partial charge in [0.05, 0.1) is 4.90 Å². The molecule has 7 heteroatoms. The van der Waals surface area contributed by atoms with E-state index in [4.69, 9.17) is 5.73 Å². The van der Waals surface area contributed by atoms with Gasteiger partial charge < -0.3 is 10.6 Å². The summed E-state index contributed by atoms with van der Waals surface area (Å²) >= 11 is 0.